The summed E-state index contributed by atoms with van der Waals surface area (Å²) in [5.74, 6) is 0.356. The van der Waals surface area contributed by atoms with Crippen LogP contribution in [-0.4, -0.2) is 40.7 Å². The molecule has 9 heteroatoms. The second kappa shape index (κ2) is 5.76. The topological polar surface area (TPSA) is 93.9 Å². The number of hydrogen-bond donors (Lipinski definition) is 0. The van der Waals surface area contributed by atoms with Gasteiger partial charge < -0.3 is 0 Å². The monoisotopic (exact) mass is 330 g/mol. The first kappa shape index (κ1) is 15.1. The zero-order valence-corrected chi connectivity index (χ0v) is 13.3. The Morgan fingerprint density at radius 2 is 2.00 bits per heavy atom. The normalized spacial score (nSPS) is 11.4. The fourth-order valence-corrected chi connectivity index (χ4v) is 3.37. The second-order valence-corrected chi connectivity index (χ2v) is 6.83. The number of pyridine rings is 1. The number of hydrogen-bond acceptors (Lipinski definition) is 6. The predicted molar refractivity (Wildman–Crippen MR) is 83.7 cm³/mol. The summed E-state index contributed by atoms with van der Waals surface area (Å²) in [5, 5.41) is 11.0. The van der Waals surface area contributed by atoms with Crippen LogP contribution in [0.1, 0.15) is 5.56 Å². The molecule has 3 rings (SSSR count). The van der Waals surface area contributed by atoms with Crippen LogP contribution in [0.25, 0.3) is 5.69 Å². The van der Waals surface area contributed by atoms with Crippen LogP contribution in [0.5, 0.6) is 0 Å². The summed E-state index contributed by atoms with van der Waals surface area (Å²) in [4.78, 5) is 4.25. The fraction of sp³-hybridized carbons (Fsp3) is 0.143. The zero-order valence-electron chi connectivity index (χ0n) is 12.5. The highest BCUT2D eigenvalue weighted by molar-refractivity contribution is 7.92. The Balaban J connectivity index is 2.00. The van der Waals surface area contributed by atoms with Gasteiger partial charge in [-0.25, -0.2) is 18.1 Å². The maximum absolute atomic E-state index is 12.7. The highest BCUT2D eigenvalue weighted by Gasteiger charge is 2.22. The van der Waals surface area contributed by atoms with Crippen molar-refractivity contribution < 1.29 is 8.42 Å². The standard InChI is InChI=1S/C14H14N6O2S/c1-11-9-12(6-7-13(11)20-10-16-17-18-20)23(21,22)19(2)14-5-3-4-8-15-14/h3-10H,1-2H3. The molecular weight excluding hydrogens is 316 g/mol. The van der Waals surface area contributed by atoms with E-state index in [0.717, 1.165) is 15.6 Å². The fourth-order valence-electron chi connectivity index (χ4n) is 2.14. The molecule has 118 valence electrons. The van der Waals surface area contributed by atoms with Crippen LogP contribution in [0.15, 0.2) is 53.8 Å². The molecule has 1 aromatic carbocycles. The summed E-state index contributed by atoms with van der Waals surface area (Å²) in [5.41, 5.74) is 1.46. The zero-order chi connectivity index (χ0) is 16.4. The number of aryl methyl sites for hydroxylation is 1. The lowest BCUT2D eigenvalue weighted by atomic mass is 10.2. The second-order valence-electron chi connectivity index (χ2n) is 4.86. The molecule has 0 spiro atoms. The molecule has 0 saturated carbocycles. The molecule has 8 nitrogen and oxygen atoms in total. The molecule has 0 atom stereocenters. The average Bonchev–Trinajstić information content (AvgIpc) is 3.09. The van der Waals surface area contributed by atoms with Crippen molar-refractivity contribution in [2.45, 2.75) is 11.8 Å². The Hall–Kier alpha value is -2.81. The van der Waals surface area contributed by atoms with Gasteiger partial charge in [-0.15, -0.1) is 5.10 Å². The Morgan fingerprint density at radius 1 is 1.17 bits per heavy atom. The van der Waals surface area contributed by atoms with E-state index in [1.54, 1.807) is 43.5 Å². The van der Waals surface area contributed by atoms with E-state index >= 15 is 0 Å². The molecule has 0 saturated heterocycles. The molecule has 0 aliphatic carbocycles. The summed E-state index contributed by atoms with van der Waals surface area (Å²) in [6.45, 7) is 1.80. The van der Waals surface area contributed by atoms with E-state index in [1.807, 2.05) is 0 Å². The van der Waals surface area contributed by atoms with Crippen molar-refractivity contribution in [1.82, 2.24) is 25.2 Å². The van der Waals surface area contributed by atoms with Crippen molar-refractivity contribution in [2.24, 2.45) is 0 Å². The quantitative estimate of drug-likeness (QED) is 0.713. The number of benzene rings is 1. The van der Waals surface area contributed by atoms with Gasteiger partial charge in [-0.05, 0) is 53.2 Å². The minimum absolute atomic E-state index is 0.181. The Bertz CT molecular complexity index is 910. The number of anilines is 1. The van der Waals surface area contributed by atoms with Gasteiger partial charge in [-0.2, -0.15) is 0 Å². The van der Waals surface area contributed by atoms with E-state index in [2.05, 4.69) is 20.5 Å². The highest BCUT2D eigenvalue weighted by Crippen LogP contribution is 2.23. The van der Waals surface area contributed by atoms with Crippen LogP contribution in [0.3, 0.4) is 0 Å². The van der Waals surface area contributed by atoms with Gasteiger partial charge in [0.15, 0.2) is 0 Å². The van der Waals surface area contributed by atoms with Crippen molar-refractivity contribution in [3.63, 3.8) is 0 Å². The number of rotatable bonds is 4. The van der Waals surface area contributed by atoms with Crippen molar-refractivity contribution in [1.29, 1.82) is 0 Å². The molecule has 23 heavy (non-hydrogen) atoms. The van der Waals surface area contributed by atoms with E-state index < -0.39 is 10.0 Å². The van der Waals surface area contributed by atoms with E-state index in [4.69, 9.17) is 0 Å². The van der Waals surface area contributed by atoms with Gasteiger partial charge in [0, 0.05) is 13.2 Å². The largest absolute Gasteiger partial charge is 0.265 e. The van der Waals surface area contributed by atoms with Crippen molar-refractivity contribution >= 4 is 15.8 Å². The molecule has 0 amide bonds. The summed E-state index contributed by atoms with van der Waals surface area (Å²) >= 11 is 0. The summed E-state index contributed by atoms with van der Waals surface area (Å²) in [6, 6.07) is 9.89. The van der Waals surface area contributed by atoms with E-state index in [0.29, 0.717) is 5.82 Å². The smallest absolute Gasteiger partial charge is 0.253 e. The number of aromatic nitrogens is 5. The molecule has 2 aromatic heterocycles. The van der Waals surface area contributed by atoms with E-state index in [1.165, 1.54) is 24.1 Å². The lowest BCUT2D eigenvalue weighted by molar-refractivity contribution is 0.594. The van der Waals surface area contributed by atoms with Crippen LogP contribution in [0.4, 0.5) is 5.82 Å². The van der Waals surface area contributed by atoms with E-state index in [9.17, 15) is 8.42 Å². The summed E-state index contributed by atoms with van der Waals surface area (Å²) in [7, 11) is -2.22. The van der Waals surface area contributed by atoms with Gasteiger partial charge in [0.2, 0.25) is 0 Å². The predicted octanol–water partition coefficient (Wildman–Crippen LogP) is 1.19. The minimum atomic E-state index is -3.69. The molecule has 3 aromatic rings. The molecule has 0 unspecified atom stereocenters. The Morgan fingerprint density at radius 3 is 2.61 bits per heavy atom. The van der Waals surface area contributed by atoms with Crippen molar-refractivity contribution in [2.75, 3.05) is 11.4 Å². The number of sulfonamides is 1. The molecule has 0 aliphatic rings. The third kappa shape index (κ3) is 2.78. The van der Waals surface area contributed by atoms with Gasteiger partial charge in [-0.3, -0.25) is 4.31 Å². The average molecular weight is 330 g/mol. The van der Waals surface area contributed by atoms with Crippen LogP contribution >= 0.6 is 0 Å². The third-order valence-corrected chi connectivity index (χ3v) is 5.15. The molecular formula is C14H14N6O2S. The van der Waals surface area contributed by atoms with E-state index in [-0.39, 0.29) is 4.90 Å². The van der Waals surface area contributed by atoms with Gasteiger partial charge >= 0.3 is 0 Å². The molecule has 0 fully saturated rings. The minimum Gasteiger partial charge on any atom is -0.253 e. The number of tetrazole rings is 1. The van der Waals surface area contributed by atoms with Crippen LogP contribution in [0, 0.1) is 6.92 Å². The summed E-state index contributed by atoms with van der Waals surface area (Å²) < 4.78 is 28.1. The molecule has 0 N–H and O–H groups in total. The summed E-state index contributed by atoms with van der Waals surface area (Å²) in [6.07, 6.45) is 3.00. The Labute approximate surface area is 133 Å². The maximum atomic E-state index is 12.7. The maximum Gasteiger partial charge on any atom is 0.265 e. The molecule has 2 heterocycles. The van der Waals surface area contributed by atoms with Crippen LogP contribution in [-0.2, 0) is 10.0 Å². The lowest BCUT2D eigenvalue weighted by Gasteiger charge is -2.19. The number of nitrogens with zero attached hydrogens (tertiary/aromatic N) is 6. The van der Waals surface area contributed by atoms with Gasteiger partial charge in [0.25, 0.3) is 10.0 Å². The third-order valence-electron chi connectivity index (χ3n) is 3.39. The molecule has 0 radical (unpaired) electrons. The first-order chi connectivity index (χ1) is 11.0. The Kier molecular flexibility index (Phi) is 3.78. The first-order valence-corrected chi connectivity index (χ1v) is 8.18. The molecule has 0 aliphatic heterocycles. The van der Waals surface area contributed by atoms with Crippen LogP contribution in [0.2, 0.25) is 0 Å². The van der Waals surface area contributed by atoms with Gasteiger partial charge in [0.05, 0.1) is 10.6 Å². The van der Waals surface area contributed by atoms with Crippen molar-refractivity contribution in [3.8, 4) is 5.69 Å². The lowest BCUT2D eigenvalue weighted by Crippen LogP contribution is -2.27. The SMILES string of the molecule is Cc1cc(S(=O)(=O)N(C)c2ccccn2)ccc1-n1cnnn1. The van der Waals surface area contributed by atoms with Crippen LogP contribution < -0.4 is 4.31 Å². The van der Waals surface area contributed by atoms with Crippen molar-refractivity contribution in [3.05, 3.63) is 54.5 Å². The first-order valence-electron chi connectivity index (χ1n) is 6.74. The van der Waals surface area contributed by atoms with Gasteiger partial charge in [0.1, 0.15) is 12.1 Å². The van der Waals surface area contributed by atoms with Gasteiger partial charge in [-0.1, -0.05) is 6.07 Å². The highest BCUT2D eigenvalue weighted by atomic mass is 32.2. The molecule has 0 bridgehead atoms.